The van der Waals surface area contributed by atoms with Gasteiger partial charge in [0.1, 0.15) is 4.88 Å². The van der Waals surface area contributed by atoms with Gasteiger partial charge in [0, 0.05) is 25.2 Å². The van der Waals surface area contributed by atoms with E-state index in [0.717, 1.165) is 41.7 Å². The molecule has 1 aromatic carbocycles. The standard InChI is InChI=1S/C23H30N4O2S/c1-4-17-8-5-6-10-26(17)11-7-9-24-22(29)20-14-21(28)27-19-13-16(3)15(2)12-18(19)25-23(27)30-20/h12-14,17H,4-11H2,1-3H3,(H,24,29). The number of carbonyl (C=O) groups is 1. The second-order valence-corrected chi connectivity index (χ2v) is 9.32. The Morgan fingerprint density at radius 2 is 2.03 bits per heavy atom. The van der Waals surface area contributed by atoms with Crippen LogP contribution in [0.15, 0.2) is 23.0 Å². The highest BCUT2D eigenvalue weighted by Gasteiger charge is 2.20. The normalized spacial score (nSPS) is 17.6. The van der Waals surface area contributed by atoms with Crippen LogP contribution in [-0.2, 0) is 0 Å². The molecular weight excluding hydrogens is 396 g/mol. The molecule has 0 bridgehead atoms. The largest absolute Gasteiger partial charge is 0.351 e. The fourth-order valence-corrected chi connectivity index (χ4v) is 5.34. The van der Waals surface area contributed by atoms with Crippen LogP contribution in [0.5, 0.6) is 0 Å². The van der Waals surface area contributed by atoms with E-state index < -0.39 is 0 Å². The molecule has 160 valence electrons. The van der Waals surface area contributed by atoms with Crippen molar-refractivity contribution in [1.29, 1.82) is 0 Å². The van der Waals surface area contributed by atoms with E-state index in [-0.39, 0.29) is 11.5 Å². The monoisotopic (exact) mass is 426 g/mol. The molecule has 0 aliphatic carbocycles. The molecule has 6 nitrogen and oxygen atoms in total. The lowest BCUT2D eigenvalue weighted by Gasteiger charge is -2.35. The average molecular weight is 427 g/mol. The molecule has 7 heteroatoms. The van der Waals surface area contributed by atoms with Gasteiger partial charge >= 0.3 is 0 Å². The summed E-state index contributed by atoms with van der Waals surface area (Å²) in [4.78, 5) is 33.5. The van der Waals surface area contributed by atoms with Gasteiger partial charge in [-0.3, -0.25) is 14.0 Å². The minimum absolute atomic E-state index is 0.190. The van der Waals surface area contributed by atoms with Crippen molar-refractivity contribution in [3.8, 4) is 0 Å². The number of likely N-dealkylation sites (tertiary alicyclic amines) is 1. The molecule has 0 saturated carbocycles. The summed E-state index contributed by atoms with van der Waals surface area (Å²) in [6.07, 6.45) is 6.00. The van der Waals surface area contributed by atoms with Gasteiger partial charge in [0.05, 0.1) is 11.0 Å². The molecule has 1 aliphatic rings. The summed E-state index contributed by atoms with van der Waals surface area (Å²) in [7, 11) is 0. The van der Waals surface area contributed by atoms with Gasteiger partial charge in [-0.2, -0.15) is 0 Å². The summed E-state index contributed by atoms with van der Waals surface area (Å²) in [5.74, 6) is -0.190. The zero-order chi connectivity index (χ0) is 21.3. The molecule has 1 unspecified atom stereocenters. The first-order valence-corrected chi connectivity index (χ1v) is 11.8. The fourth-order valence-electron chi connectivity index (χ4n) is 4.40. The molecule has 3 heterocycles. The van der Waals surface area contributed by atoms with E-state index in [1.54, 1.807) is 4.40 Å². The van der Waals surface area contributed by atoms with Crippen molar-refractivity contribution < 1.29 is 4.79 Å². The maximum Gasteiger partial charge on any atom is 0.261 e. The topological polar surface area (TPSA) is 66.7 Å². The van der Waals surface area contributed by atoms with Crippen LogP contribution in [0, 0.1) is 13.8 Å². The molecular formula is C23H30N4O2S. The highest BCUT2D eigenvalue weighted by Crippen LogP contribution is 2.23. The number of imidazole rings is 1. The number of hydrogen-bond donors (Lipinski definition) is 1. The number of rotatable bonds is 6. The van der Waals surface area contributed by atoms with Crippen LogP contribution in [0.25, 0.3) is 16.0 Å². The summed E-state index contributed by atoms with van der Waals surface area (Å²) in [5, 5.41) is 2.98. The third-order valence-corrected chi connectivity index (χ3v) is 7.25. The predicted molar refractivity (Wildman–Crippen MR) is 123 cm³/mol. The molecule has 1 atom stereocenters. The Balaban J connectivity index is 1.44. The highest BCUT2D eigenvalue weighted by atomic mass is 32.1. The number of aryl methyl sites for hydroxylation is 2. The van der Waals surface area contributed by atoms with E-state index in [4.69, 9.17) is 0 Å². The number of benzene rings is 1. The van der Waals surface area contributed by atoms with Gasteiger partial charge in [0.25, 0.3) is 11.5 Å². The number of piperidine rings is 1. The predicted octanol–water partition coefficient (Wildman–Crippen LogP) is 3.91. The second-order valence-electron chi connectivity index (χ2n) is 8.31. The fraction of sp³-hybridized carbons (Fsp3) is 0.522. The number of aromatic nitrogens is 2. The van der Waals surface area contributed by atoms with Gasteiger partial charge in [0.2, 0.25) is 0 Å². The Kier molecular flexibility index (Phi) is 6.20. The van der Waals surface area contributed by atoms with E-state index in [2.05, 4.69) is 22.1 Å². The van der Waals surface area contributed by atoms with Crippen molar-refractivity contribution in [3.05, 3.63) is 44.6 Å². The maximum absolute atomic E-state index is 12.7. The van der Waals surface area contributed by atoms with E-state index in [1.807, 2.05) is 26.0 Å². The number of amides is 1. The summed E-state index contributed by atoms with van der Waals surface area (Å²) < 4.78 is 1.60. The molecule has 0 spiro atoms. The van der Waals surface area contributed by atoms with Crippen LogP contribution in [0.4, 0.5) is 0 Å². The molecule has 2 aromatic heterocycles. The van der Waals surface area contributed by atoms with E-state index >= 15 is 0 Å². The van der Waals surface area contributed by atoms with Crippen LogP contribution in [-0.4, -0.2) is 45.9 Å². The minimum Gasteiger partial charge on any atom is -0.351 e. The van der Waals surface area contributed by atoms with Crippen molar-refractivity contribution in [2.45, 2.75) is 58.9 Å². The molecule has 1 aliphatic heterocycles. The smallest absolute Gasteiger partial charge is 0.261 e. The lowest BCUT2D eigenvalue weighted by atomic mass is 10.00. The van der Waals surface area contributed by atoms with Crippen molar-refractivity contribution >= 4 is 33.2 Å². The first-order valence-electron chi connectivity index (χ1n) is 10.9. The summed E-state index contributed by atoms with van der Waals surface area (Å²) in [6, 6.07) is 6.10. The van der Waals surface area contributed by atoms with Crippen LogP contribution >= 0.6 is 11.3 Å². The summed E-state index contributed by atoms with van der Waals surface area (Å²) >= 11 is 1.27. The lowest BCUT2D eigenvalue weighted by Crippen LogP contribution is -2.40. The zero-order valence-electron chi connectivity index (χ0n) is 18.0. The summed E-state index contributed by atoms with van der Waals surface area (Å²) in [5.41, 5.74) is 3.64. The molecule has 3 aromatic rings. The van der Waals surface area contributed by atoms with Crippen LogP contribution < -0.4 is 10.9 Å². The van der Waals surface area contributed by atoms with Gasteiger partial charge in [-0.05, 0) is 69.3 Å². The highest BCUT2D eigenvalue weighted by molar-refractivity contribution is 7.18. The number of fused-ring (bicyclic) bond motifs is 3. The summed E-state index contributed by atoms with van der Waals surface area (Å²) in [6.45, 7) is 9.11. The number of nitrogens with zero attached hydrogens (tertiary/aromatic N) is 3. The third-order valence-electron chi connectivity index (χ3n) is 6.27. The molecule has 1 N–H and O–H groups in total. The zero-order valence-corrected chi connectivity index (χ0v) is 18.8. The Labute approximate surface area is 180 Å². The van der Waals surface area contributed by atoms with Crippen molar-refractivity contribution in [3.63, 3.8) is 0 Å². The number of hydrogen-bond acceptors (Lipinski definition) is 5. The molecule has 1 saturated heterocycles. The number of carbonyl (C=O) groups excluding carboxylic acids is 1. The lowest BCUT2D eigenvalue weighted by molar-refractivity contribution is 0.0951. The molecule has 1 fully saturated rings. The van der Waals surface area contributed by atoms with Crippen LogP contribution in [0.3, 0.4) is 0 Å². The molecule has 30 heavy (non-hydrogen) atoms. The average Bonchev–Trinajstić information content (AvgIpc) is 3.09. The van der Waals surface area contributed by atoms with Crippen molar-refractivity contribution in [1.82, 2.24) is 19.6 Å². The van der Waals surface area contributed by atoms with Gasteiger partial charge in [0.15, 0.2) is 4.96 Å². The maximum atomic E-state index is 12.7. The van der Waals surface area contributed by atoms with Gasteiger partial charge in [-0.25, -0.2) is 4.98 Å². The quantitative estimate of drug-likeness (QED) is 0.607. The van der Waals surface area contributed by atoms with Gasteiger partial charge < -0.3 is 10.2 Å². The second kappa shape index (κ2) is 8.86. The first kappa shape index (κ1) is 21.0. The van der Waals surface area contributed by atoms with Crippen LogP contribution in [0.2, 0.25) is 0 Å². The Morgan fingerprint density at radius 3 is 2.83 bits per heavy atom. The van der Waals surface area contributed by atoms with Crippen molar-refractivity contribution in [2.75, 3.05) is 19.6 Å². The SMILES string of the molecule is CCC1CCCCN1CCCNC(=O)c1cc(=O)n2c(nc3cc(C)c(C)cc32)s1. The molecule has 1 amide bonds. The van der Waals surface area contributed by atoms with Crippen LogP contribution in [0.1, 0.15) is 59.8 Å². The van der Waals surface area contributed by atoms with E-state index in [9.17, 15) is 9.59 Å². The Morgan fingerprint density at radius 1 is 1.23 bits per heavy atom. The molecule has 0 radical (unpaired) electrons. The van der Waals surface area contributed by atoms with Gasteiger partial charge in [-0.1, -0.05) is 24.7 Å². The number of nitrogens with one attached hydrogen (secondary N) is 1. The Bertz CT molecular complexity index is 1130. The minimum atomic E-state index is -0.209. The van der Waals surface area contributed by atoms with Crippen molar-refractivity contribution in [2.24, 2.45) is 0 Å². The Hall–Kier alpha value is -2.25. The van der Waals surface area contributed by atoms with Gasteiger partial charge in [-0.15, -0.1) is 0 Å². The first-order chi connectivity index (χ1) is 14.5. The van der Waals surface area contributed by atoms with E-state index in [1.165, 1.54) is 43.1 Å². The third kappa shape index (κ3) is 4.14. The van der Waals surface area contributed by atoms with E-state index in [0.29, 0.717) is 22.4 Å². The molecule has 4 rings (SSSR count).